The molecule has 2 fully saturated rings. The predicted octanol–water partition coefficient (Wildman–Crippen LogP) is 4.09. The zero-order valence-corrected chi connectivity index (χ0v) is 21.9. The number of hydrogen-bond acceptors (Lipinski definition) is 7. The van der Waals surface area contributed by atoms with Crippen molar-refractivity contribution in [3.63, 3.8) is 0 Å². The van der Waals surface area contributed by atoms with Gasteiger partial charge in [0.05, 0.1) is 20.3 Å². The fourth-order valence-corrected chi connectivity index (χ4v) is 5.56. The zero-order chi connectivity index (χ0) is 25.6. The molecule has 0 spiro atoms. The maximum absolute atomic E-state index is 12.7. The molecule has 1 aromatic carbocycles. The summed E-state index contributed by atoms with van der Waals surface area (Å²) in [6.07, 6.45) is 12.3. The lowest BCUT2D eigenvalue weighted by Crippen LogP contribution is -2.49. The van der Waals surface area contributed by atoms with Crippen molar-refractivity contribution in [3.8, 4) is 11.5 Å². The molecule has 8 nitrogen and oxygen atoms in total. The SMILES string of the molecule is COC1=C(OC)CC2N=CC=C(Oc3ccc(OCC(=O)N4CCC(N5CCCCC5)CC4)cc3)C2=C1. The second kappa shape index (κ2) is 11.9. The molecule has 0 bridgehead atoms. The van der Waals surface area contributed by atoms with Gasteiger partial charge in [0.15, 0.2) is 12.4 Å². The Morgan fingerprint density at radius 2 is 1.70 bits per heavy atom. The molecular formula is C29H37N3O5. The van der Waals surface area contributed by atoms with Gasteiger partial charge in [-0.1, -0.05) is 6.42 Å². The highest BCUT2D eigenvalue weighted by atomic mass is 16.5. The standard InChI is InChI=1S/C29H37N3O5/c1-34-27-18-24-25(19-28(27)35-2)30-13-10-26(24)37-23-8-6-22(7-9-23)36-20-29(33)32-16-11-21(12-17-32)31-14-4-3-5-15-31/h6-10,13,18,21,25H,3-5,11-12,14-17,19-20H2,1-2H3. The molecule has 1 aliphatic carbocycles. The molecule has 3 aliphatic heterocycles. The first-order chi connectivity index (χ1) is 18.1. The quantitative estimate of drug-likeness (QED) is 0.528. The Kier molecular flexibility index (Phi) is 8.14. The first-order valence-corrected chi connectivity index (χ1v) is 13.3. The van der Waals surface area contributed by atoms with Crippen LogP contribution >= 0.6 is 0 Å². The third kappa shape index (κ3) is 6.01. The average molecular weight is 508 g/mol. The van der Waals surface area contributed by atoms with Gasteiger partial charge in [0, 0.05) is 37.3 Å². The van der Waals surface area contributed by atoms with Crippen LogP contribution < -0.4 is 9.47 Å². The number of carbonyl (C=O) groups is 1. The molecule has 2 saturated heterocycles. The van der Waals surface area contributed by atoms with Crippen LogP contribution in [0.1, 0.15) is 38.5 Å². The van der Waals surface area contributed by atoms with Crippen LogP contribution in [-0.4, -0.2) is 81.0 Å². The molecular weight excluding hydrogens is 470 g/mol. The first-order valence-electron chi connectivity index (χ1n) is 13.3. The molecule has 37 heavy (non-hydrogen) atoms. The summed E-state index contributed by atoms with van der Waals surface area (Å²) in [7, 11) is 3.27. The molecule has 0 aromatic heterocycles. The summed E-state index contributed by atoms with van der Waals surface area (Å²) in [5, 5.41) is 0. The highest BCUT2D eigenvalue weighted by molar-refractivity contribution is 5.78. The van der Waals surface area contributed by atoms with Crippen LogP contribution in [0.2, 0.25) is 0 Å². The summed E-state index contributed by atoms with van der Waals surface area (Å²) < 4.78 is 22.9. The lowest BCUT2D eigenvalue weighted by atomic mass is 9.93. The number of likely N-dealkylation sites (tertiary alicyclic amines) is 2. The lowest BCUT2D eigenvalue weighted by Gasteiger charge is -2.40. The van der Waals surface area contributed by atoms with Gasteiger partial charge in [-0.15, -0.1) is 0 Å². The van der Waals surface area contributed by atoms with E-state index in [1.165, 1.54) is 32.4 Å². The average Bonchev–Trinajstić information content (AvgIpc) is 2.96. The number of carbonyl (C=O) groups excluding carboxylic acids is 1. The van der Waals surface area contributed by atoms with Gasteiger partial charge in [-0.05, 0) is 75.2 Å². The van der Waals surface area contributed by atoms with Crippen molar-refractivity contribution >= 4 is 12.1 Å². The molecule has 0 radical (unpaired) electrons. The molecule has 8 heteroatoms. The minimum absolute atomic E-state index is 0.0526. The second-order valence-corrected chi connectivity index (χ2v) is 9.92. The fraction of sp³-hybridized carbons (Fsp3) is 0.517. The van der Waals surface area contributed by atoms with Gasteiger partial charge >= 0.3 is 0 Å². The van der Waals surface area contributed by atoms with E-state index in [4.69, 9.17) is 18.9 Å². The molecule has 0 saturated carbocycles. The lowest BCUT2D eigenvalue weighted by molar-refractivity contribution is -0.135. The van der Waals surface area contributed by atoms with E-state index < -0.39 is 0 Å². The first kappa shape index (κ1) is 25.4. The molecule has 1 atom stereocenters. The van der Waals surface area contributed by atoms with Crippen molar-refractivity contribution in [1.29, 1.82) is 0 Å². The molecule has 4 aliphatic rings. The number of nitrogens with zero attached hydrogens (tertiary/aromatic N) is 3. The molecule has 1 amide bonds. The van der Waals surface area contributed by atoms with Gasteiger partial charge in [0.2, 0.25) is 0 Å². The number of hydrogen-bond donors (Lipinski definition) is 0. The predicted molar refractivity (Wildman–Crippen MR) is 142 cm³/mol. The maximum atomic E-state index is 12.7. The number of methoxy groups -OCH3 is 2. The van der Waals surface area contributed by atoms with E-state index >= 15 is 0 Å². The van der Waals surface area contributed by atoms with Crippen molar-refractivity contribution in [3.05, 3.63) is 59.3 Å². The van der Waals surface area contributed by atoms with Crippen LogP contribution in [0.3, 0.4) is 0 Å². The van der Waals surface area contributed by atoms with Crippen LogP contribution in [0, 0.1) is 0 Å². The van der Waals surface area contributed by atoms with E-state index in [0.29, 0.717) is 29.7 Å². The van der Waals surface area contributed by atoms with Crippen LogP contribution in [0.5, 0.6) is 11.5 Å². The Balaban J connectivity index is 1.11. The normalized spacial score (nSPS) is 22.6. The second-order valence-electron chi connectivity index (χ2n) is 9.92. The van der Waals surface area contributed by atoms with E-state index in [2.05, 4.69) is 9.89 Å². The van der Waals surface area contributed by atoms with Crippen molar-refractivity contribution in [2.75, 3.05) is 47.0 Å². The van der Waals surface area contributed by atoms with E-state index in [1.54, 1.807) is 20.4 Å². The summed E-state index contributed by atoms with van der Waals surface area (Å²) in [6, 6.07) is 7.93. The van der Waals surface area contributed by atoms with Gasteiger partial charge < -0.3 is 28.7 Å². The molecule has 1 aromatic rings. The minimum atomic E-state index is -0.0626. The molecule has 198 valence electrons. The Bertz CT molecular complexity index is 1080. The maximum Gasteiger partial charge on any atom is 0.260 e. The van der Waals surface area contributed by atoms with E-state index in [9.17, 15) is 4.79 Å². The van der Waals surface area contributed by atoms with E-state index in [0.717, 1.165) is 43.0 Å². The number of ether oxygens (including phenoxy) is 4. The monoisotopic (exact) mass is 507 g/mol. The van der Waals surface area contributed by atoms with Crippen molar-refractivity contribution < 1.29 is 23.7 Å². The Morgan fingerprint density at radius 1 is 0.973 bits per heavy atom. The smallest absolute Gasteiger partial charge is 0.260 e. The van der Waals surface area contributed by atoms with Crippen LogP contribution in [0.15, 0.2) is 64.3 Å². The van der Waals surface area contributed by atoms with Gasteiger partial charge in [0.1, 0.15) is 23.0 Å². The number of amides is 1. The van der Waals surface area contributed by atoms with Crippen LogP contribution in [-0.2, 0) is 14.3 Å². The summed E-state index contributed by atoms with van der Waals surface area (Å²) >= 11 is 0. The number of piperidine rings is 2. The molecule has 0 N–H and O–H groups in total. The summed E-state index contributed by atoms with van der Waals surface area (Å²) in [5.41, 5.74) is 0.954. The summed E-state index contributed by atoms with van der Waals surface area (Å²) in [4.78, 5) is 21.8. The van der Waals surface area contributed by atoms with Crippen molar-refractivity contribution in [1.82, 2.24) is 9.80 Å². The molecule has 3 heterocycles. The minimum Gasteiger partial charge on any atom is -0.497 e. The van der Waals surface area contributed by atoms with Crippen molar-refractivity contribution in [2.45, 2.75) is 50.6 Å². The van der Waals surface area contributed by atoms with Gasteiger partial charge in [-0.3, -0.25) is 9.79 Å². The van der Waals surface area contributed by atoms with Gasteiger partial charge in [0.25, 0.3) is 5.91 Å². The molecule has 1 unspecified atom stereocenters. The van der Waals surface area contributed by atoms with E-state index in [1.807, 2.05) is 41.3 Å². The summed E-state index contributed by atoms with van der Waals surface area (Å²) in [5.74, 6) is 3.56. The van der Waals surface area contributed by atoms with E-state index in [-0.39, 0.29) is 18.6 Å². The fourth-order valence-electron chi connectivity index (χ4n) is 5.56. The van der Waals surface area contributed by atoms with Crippen molar-refractivity contribution in [2.24, 2.45) is 4.99 Å². The molecule has 5 rings (SSSR count). The highest BCUT2D eigenvalue weighted by Gasteiger charge is 2.30. The number of allylic oxidation sites excluding steroid dienone is 2. The number of benzene rings is 1. The number of dihydropyridines is 1. The Labute approximate surface area is 219 Å². The Morgan fingerprint density at radius 3 is 2.41 bits per heavy atom. The highest BCUT2D eigenvalue weighted by Crippen LogP contribution is 2.34. The third-order valence-electron chi connectivity index (χ3n) is 7.68. The van der Waals surface area contributed by atoms with Crippen LogP contribution in [0.4, 0.5) is 0 Å². The Hall–Kier alpha value is -3.26. The van der Waals surface area contributed by atoms with Crippen LogP contribution in [0.25, 0.3) is 0 Å². The third-order valence-corrected chi connectivity index (χ3v) is 7.68. The summed E-state index contributed by atoms with van der Waals surface area (Å²) in [6.45, 7) is 4.11. The number of fused-ring (bicyclic) bond motifs is 1. The van der Waals surface area contributed by atoms with Gasteiger partial charge in [-0.25, -0.2) is 0 Å². The van der Waals surface area contributed by atoms with Gasteiger partial charge in [-0.2, -0.15) is 0 Å². The number of aliphatic imine (C=N–C) groups is 1. The number of rotatable bonds is 8. The topological polar surface area (TPSA) is 72.8 Å². The largest absolute Gasteiger partial charge is 0.497 e. The zero-order valence-electron chi connectivity index (χ0n) is 21.9.